The maximum absolute atomic E-state index is 13.1. The summed E-state index contributed by atoms with van der Waals surface area (Å²) in [7, 11) is 0. The topological polar surface area (TPSA) is 67.9 Å². The molecule has 0 spiro atoms. The third-order valence-corrected chi connectivity index (χ3v) is 5.03. The molecule has 2 aliphatic rings. The number of rotatable bonds is 3. The van der Waals surface area contributed by atoms with E-state index in [-0.39, 0.29) is 36.5 Å². The minimum absolute atomic E-state index is 0.104. The van der Waals surface area contributed by atoms with Gasteiger partial charge in [0.05, 0.1) is 11.4 Å². The summed E-state index contributed by atoms with van der Waals surface area (Å²) in [4.78, 5) is 26.8. The number of hydrogen-bond donors (Lipinski definition) is 1. The Bertz CT molecular complexity index is 938. The fourth-order valence-corrected chi connectivity index (χ4v) is 3.88. The number of carbonyl (C=O) groups is 2. The smallest absolute Gasteiger partial charge is 0.265 e. The van der Waals surface area contributed by atoms with E-state index in [0.29, 0.717) is 22.9 Å². The van der Waals surface area contributed by atoms with Gasteiger partial charge in [0, 0.05) is 24.4 Å². The van der Waals surface area contributed by atoms with Crippen LogP contribution in [0.15, 0.2) is 42.5 Å². The van der Waals surface area contributed by atoms with Gasteiger partial charge in [0.25, 0.3) is 5.91 Å². The van der Waals surface area contributed by atoms with Crippen LogP contribution in [0.1, 0.15) is 32.8 Å². The van der Waals surface area contributed by atoms with Gasteiger partial charge in [-0.15, -0.1) is 0 Å². The second kappa shape index (κ2) is 6.86. The van der Waals surface area contributed by atoms with Gasteiger partial charge in [0.15, 0.2) is 18.1 Å². The number of amides is 2. The molecule has 2 aromatic rings. The van der Waals surface area contributed by atoms with E-state index in [4.69, 9.17) is 9.47 Å². The maximum atomic E-state index is 13.1. The molecular formula is C22H24N2O4. The molecule has 0 aromatic heterocycles. The van der Waals surface area contributed by atoms with Crippen LogP contribution in [0.5, 0.6) is 11.5 Å². The lowest BCUT2D eigenvalue weighted by molar-refractivity contribution is -0.121. The summed E-state index contributed by atoms with van der Waals surface area (Å²) in [6.07, 6.45) is 1.04. The summed E-state index contributed by atoms with van der Waals surface area (Å²) in [6, 6.07) is 12.8. The van der Waals surface area contributed by atoms with Gasteiger partial charge in [-0.1, -0.05) is 24.3 Å². The van der Waals surface area contributed by atoms with Crippen molar-refractivity contribution in [3.8, 4) is 11.5 Å². The van der Waals surface area contributed by atoms with E-state index in [9.17, 15) is 9.59 Å². The zero-order valence-electron chi connectivity index (χ0n) is 16.3. The van der Waals surface area contributed by atoms with E-state index in [1.165, 1.54) is 0 Å². The molecule has 1 atom stereocenters. The molecule has 2 aliphatic heterocycles. The van der Waals surface area contributed by atoms with Crippen LogP contribution in [0.4, 0.5) is 11.4 Å². The zero-order chi connectivity index (χ0) is 19.9. The molecule has 0 fully saturated rings. The van der Waals surface area contributed by atoms with E-state index >= 15 is 0 Å². The third kappa shape index (κ3) is 3.42. The van der Waals surface area contributed by atoms with Crippen molar-refractivity contribution in [3.05, 3.63) is 48.0 Å². The summed E-state index contributed by atoms with van der Waals surface area (Å²) in [5.41, 5.74) is 2.12. The van der Waals surface area contributed by atoms with Crippen LogP contribution in [0, 0.1) is 0 Å². The molecule has 28 heavy (non-hydrogen) atoms. The molecule has 0 saturated heterocycles. The Hall–Kier alpha value is -3.02. The van der Waals surface area contributed by atoms with Crippen molar-refractivity contribution in [1.82, 2.24) is 0 Å². The molecule has 4 rings (SSSR count). The summed E-state index contributed by atoms with van der Waals surface area (Å²) >= 11 is 0. The minimum atomic E-state index is -0.282. The fraction of sp³-hybridized carbons (Fsp3) is 0.364. The van der Waals surface area contributed by atoms with Crippen LogP contribution in [0.25, 0.3) is 0 Å². The highest BCUT2D eigenvalue weighted by Gasteiger charge is 2.33. The zero-order valence-corrected chi connectivity index (χ0v) is 16.3. The highest BCUT2D eigenvalue weighted by atomic mass is 16.5. The molecular weight excluding hydrogens is 356 g/mol. The van der Waals surface area contributed by atoms with Crippen molar-refractivity contribution in [3.63, 3.8) is 0 Å². The van der Waals surface area contributed by atoms with Gasteiger partial charge in [-0.25, -0.2) is 0 Å². The first kappa shape index (κ1) is 18.3. The van der Waals surface area contributed by atoms with Crippen LogP contribution in [-0.2, 0) is 16.0 Å². The number of fused-ring (bicyclic) bond motifs is 2. The van der Waals surface area contributed by atoms with Crippen molar-refractivity contribution in [2.75, 3.05) is 16.8 Å². The van der Waals surface area contributed by atoms with E-state index in [2.05, 4.69) is 5.32 Å². The molecule has 1 N–H and O–H groups in total. The normalized spacial score (nSPS) is 19.8. The van der Waals surface area contributed by atoms with Crippen LogP contribution < -0.4 is 19.7 Å². The highest BCUT2D eigenvalue weighted by molar-refractivity contribution is 6.04. The van der Waals surface area contributed by atoms with Crippen molar-refractivity contribution in [2.24, 2.45) is 0 Å². The van der Waals surface area contributed by atoms with Gasteiger partial charge >= 0.3 is 0 Å². The molecule has 0 saturated carbocycles. The maximum Gasteiger partial charge on any atom is 0.265 e. The van der Waals surface area contributed by atoms with Crippen LogP contribution in [-0.4, -0.2) is 30.1 Å². The molecule has 2 aromatic carbocycles. The lowest BCUT2D eigenvalue weighted by Gasteiger charge is -2.28. The average molecular weight is 380 g/mol. The highest BCUT2D eigenvalue weighted by Crippen LogP contribution is 2.41. The quantitative estimate of drug-likeness (QED) is 0.884. The number of nitrogens with zero attached hydrogens (tertiary/aromatic N) is 1. The van der Waals surface area contributed by atoms with Gasteiger partial charge in [0.1, 0.15) is 5.60 Å². The first-order valence-electron chi connectivity index (χ1n) is 9.49. The summed E-state index contributed by atoms with van der Waals surface area (Å²) in [5.74, 6) is 0.974. The Balaban J connectivity index is 1.55. The second-order valence-corrected chi connectivity index (χ2v) is 7.95. The van der Waals surface area contributed by atoms with Crippen molar-refractivity contribution in [1.29, 1.82) is 0 Å². The molecule has 2 amide bonds. The molecule has 2 heterocycles. The van der Waals surface area contributed by atoms with Crippen molar-refractivity contribution < 1.29 is 19.1 Å². The Kier molecular flexibility index (Phi) is 4.49. The first-order valence-corrected chi connectivity index (χ1v) is 9.49. The van der Waals surface area contributed by atoms with Crippen LogP contribution in [0.2, 0.25) is 0 Å². The summed E-state index contributed by atoms with van der Waals surface area (Å²) < 4.78 is 11.9. The average Bonchev–Trinajstić information content (AvgIpc) is 2.88. The van der Waals surface area contributed by atoms with Crippen LogP contribution >= 0.6 is 0 Å². The number of hydrogen-bond acceptors (Lipinski definition) is 4. The van der Waals surface area contributed by atoms with E-state index in [1.807, 2.05) is 57.2 Å². The predicted molar refractivity (Wildman–Crippen MR) is 107 cm³/mol. The fourth-order valence-electron chi connectivity index (χ4n) is 3.88. The lowest BCUT2D eigenvalue weighted by atomic mass is 10.0. The lowest BCUT2D eigenvalue weighted by Crippen LogP contribution is -2.41. The van der Waals surface area contributed by atoms with E-state index in [1.54, 1.807) is 11.0 Å². The van der Waals surface area contributed by atoms with Gasteiger partial charge in [0.2, 0.25) is 5.91 Å². The number of ether oxygens (including phenoxy) is 2. The van der Waals surface area contributed by atoms with Crippen molar-refractivity contribution in [2.45, 2.75) is 45.3 Å². The second-order valence-electron chi connectivity index (χ2n) is 7.95. The SMILES string of the molecule is C[C@H]1CC(=O)Nc2ccccc2N1C(=O)COc1cccc2c1OC(C)(C)C2. The monoisotopic (exact) mass is 380 g/mol. The Morgan fingerprint density at radius 3 is 2.86 bits per heavy atom. The molecule has 0 unspecified atom stereocenters. The molecule has 0 radical (unpaired) electrons. The molecule has 0 bridgehead atoms. The summed E-state index contributed by atoms with van der Waals surface area (Å²) in [6.45, 7) is 5.79. The number of para-hydroxylation sites is 3. The third-order valence-electron chi connectivity index (χ3n) is 5.03. The molecule has 0 aliphatic carbocycles. The number of anilines is 2. The van der Waals surface area contributed by atoms with Gasteiger partial charge in [-0.05, 0) is 39.0 Å². The van der Waals surface area contributed by atoms with Gasteiger partial charge in [-0.3, -0.25) is 9.59 Å². The summed E-state index contributed by atoms with van der Waals surface area (Å²) in [5, 5.41) is 2.86. The first-order chi connectivity index (χ1) is 13.3. The van der Waals surface area contributed by atoms with Crippen molar-refractivity contribution >= 4 is 23.2 Å². The number of carbonyl (C=O) groups excluding carboxylic acids is 2. The minimum Gasteiger partial charge on any atom is -0.483 e. The number of benzene rings is 2. The van der Waals surface area contributed by atoms with Crippen LogP contribution in [0.3, 0.4) is 0 Å². The molecule has 6 heteroatoms. The standard InChI is InChI=1S/C22H24N2O4/c1-14-11-19(25)23-16-8-4-5-9-17(16)24(14)20(26)13-27-18-10-6-7-15-12-22(2,3)28-21(15)18/h4-10,14H,11-13H2,1-3H3,(H,23,25)/t14-/m0/s1. The Labute approximate surface area is 164 Å². The number of nitrogens with one attached hydrogen (secondary N) is 1. The molecule has 6 nitrogen and oxygen atoms in total. The largest absolute Gasteiger partial charge is 0.483 e. The Morgan fingerprint density at radius 2 is 2.04 bits per heavy atom. The Morgan fingerprint density at radius 1 is 1.25 bits per heavy atom. The van der Waals surface area contributed by atoms with Gasteiger partial charge < -0.3 is 19.7 Å². The van der Waals surface area contributed by atoms with E-state index < -0.39 is 0 Å². The van der Waals surface area contributed by atoms with E-state index in [0.717, 1.165) is 12.0 Å². The van der Waals surface area contributed by atoms with Gasteiger partial charge in [-0.2, -0.15) is 0 Å². The molecule has 146 valence electrons. The predicted octanol–water partition coefficient (Wildman–Crippen LogP) is 3.54.